The molecule has 1 aliphatic rings. The molecule has 0 unspecified atom stereocenters. The summed E-state index contributed by atoms with van der Waals surface area (Å²) in [5.41, 5.74) is 0. The van der Waals surface area contributed by atoms with E-state index in [0.717, 1.165) is 12.8 Å². The van der Waals surface area contributed by atoms with Gasteiger partial charge in [-0.15, -0.1) is 0 Å². The number of nitrogens with one attached hydrogen (secondary N) is 1. The Labute approximate surface area is 71.9 Å². The van der Waals surface area contributed by atoms with Crippen molar-refractivity contribution in [3.8, 4) is 0 Å². The number of hydrogen-bond donors (Lipinski definition) is 1. The van der Waals surface area contributed by atoms with Crippen LogP contribution in [0.3, 0.4) is 0 Å². The number of amides is 2. The summed E-state index contributed by atoms with van der Waals surface area (Å²) >= 11 is 0. The van der Waals surface area contributed by atoms with Crippen LogP contribution in [-0.4, -0.2) is 37.2 Å². The molecular weight excluding hydrogens is 159 g/mol. The SMILES string of the molecule is CN(C)C(=O)N[C@@H]1CCC[C@@H]1F. The molecule has 0 aromatic rings. The Morgan fingerprint density at radius 1 is 1.50 bits per heavy atom. The van der Waals surface area contributed by atoms with Crippen molar-refractivity contribution >= 4 is 6.03 Å². The Morgan fingerprint density at radius 2 is 2.17 bits per heavy atom. The van der Waals surface area contributed by atoms with Crippen molar-refractivity contribution in [2.24, 2.45) is 0 Å². The first-order chi connectivity index (χ1) is 5.61. The maximum Gasteiger partial charge on any atom is 0.317 e. The molecule has 70 valence electrons. The third-order valence-electron chi connectivity index (χ3n) is 2.15. The van der Waals surface area contributed by atoms with Crippen LogP contribution in [0.15, 0.2) is 0 Å². The number of nitrogens with zero attached hydrogens (tertiary/aromatic N) is 1. The summed E-state index contributed by atoms with van der Waals surface area (Å²) in [7, 11) is 3.30. The molecule has 0 saturated heterocycles. The highest BCUT2D eigenvalue weighted by Crippen LogP contribution is 2.21. The third-order valence-corrected chi connectivity index (χ3v) is 2.15. The van der Waals surface area contributed by atoms with Crippen LogP contribution in [0, 0.1) is 0 Å². The Morgan fingerprint density at radius 3 is 2.58 bits per heavy atom. The second-order valence-electron chi connectivity index (χ2n) is 3.40. The van der Waals surface area contributed by atoms with Gasteiger partial charge in [0.2, 0.25) is 0 Å². The van der Waals surface area contributed by atoms with Crippen molar-refractivity contribution in [2.75, 3.05) is 14.1 Å². The number of rotatable bonds is 1. The zero-order valence-corrected chi connectivity index (χ0v) is 7.51. The number of hydrogen-bond acceptors (Lipinski definition) is 1. The lowest BCUT2D eigenvalue weighted by Crippen LogP contribution is -2.43. The molecular formula is C8H15FN2O. The van der Waals surface area contributed by atoms with Crippen molar-refractivity contribution in [3.63, 3.8) is 0 Å². The Kier molecular flexibility index (Phi) is 2.89. The van der Waals surface area contributed by atoms with Gasteiger partial charge in [-0.2, -0.15) is 0 Å². The minimum atomic E-state index is -0.853. The fourth-order valence-electron chi connectivity index (χ4n) is 1.37. The molecule has 0 heterocycles. The second-order valence-corrected chi connectivity index (χ2v) is 3.40. The van der Waals surface area contributed by atoms with E-state index in [4.69, 9.17) is 0 Å². The van der Waals surface area contributed by atoms with E-state index in [2.05, 4.69) is 5.32 Å². The normalized spacial score (nSPS) is 28.6. The van der Waals surface area contributed by atoms with Gasteiger partial charge >= 0.3 is 6.03 Å². The largest absolute Gasteiger partial charge is 0.332 e. The molecule has 12 heavy (non-hydrogen) atoms. The fraction of sp³-hybridized carbons (Fsp3) is 0.875. The van der Waals surface area contributed by atoms with Gasteiger partial charge in [0, 0.05) is 14.1 Å². The highest BCUT2D eigenvalue weighted by atomic mass is 19.1. The van der Waals surface area contributed by atoms with E-state index >= 15 is 0 Å². The third kappa shape index (κ3) is 2.09. The topological polar surface area (TPSA) is 32.3 Å². The molecule has 2 atom stereocenters. The maximum absolute atomic E-state index is 13.0. The van der Waals surface area contributed by atoms with E-state index < -0.39 is 6.17 Å². The monoisotopic (exact) mass is 174 g/mol. The number of urea groups is 1. The smallest absolute Gasteiger partial charge is 0.317 e. The molecule has 0 aliphatic heterocycles. The number of alkyl halides is 1. The van der Waals surface area contributed by atoms with Crippen LogP contribution < -0.4 is 5.32 Å². The van der Waals surface area contributed by atoms with Gasteiger partial charge in [0.1, 0.15) is 6.17 Å². The summed E-state index contributed by atoms with van der Waals surface area (Å²) in [6.45, 7) is 0. The summed E-state index contributed by atoms with van der Waals surface area (Å²) in [5.74, 6) is 0. The minimum Gasteiger partial charge on any atom is -0.332 e. The first-order valence-corrected chi connectivity index (χ1v) is 4.23. The van der Waals surface area contributed by atoms with Crippen LogP contribution in [0.25, 0.3) is 0 Å². The standard InChI is InChI=1S/C8H15FN2O/c1-11(2)8(12)10-7-5-3-4-6(7)9/h6-7H,3-5H2,1-2H3,(H,10,12)/t6-,7+/m0/s1. The highest BCUT2D eigenvalue weighted by Gasteiger charge is 2.28. The molecule has 1 fully saturated rings. The molecule has 0 aromatic carbocycles. The van der Waals surface area contributed by atoms with Crippen molar-refractivity contribution < 1.29 is 9.18 Å². The van der Waals surface area contributed by atoms with E-state index in [1.54, 1.807) is 14.1 Å². The zero-order chi connectivity index (χ0) is 9.14. The van der Waals surface area contributed by atoms with Crippen molar-refractivity contribution in [1.82, 2.24) is 10.2 Å². The molecule has 0 spiro atoms. The van der Waals surface area contributed by atoms with Crippen LogP contribution in [0.2, 0.25) is 0 Å². The van der Waals surface area contributed by atoms with E-state index in [1.807, 2.05) is 0 Å². The summed E-state index contributed by atoms with van der Waals surface area (Å²) in [6, 6.07) is -0.468. The Bertz CT molecular complexity index is 172. The maximum atomic E-state index is 13.0. The first-order valence-electron chi connectivity index (χ1n) is 4.23. The van der Waals surface area contributed by atoms with Crippen molar-refractivity contribution in [2.45, 2.75) is 31.5 Å². The molecule has 0 aromatic heterocycles. The minimum absolute atomic E-state index is 0.204. The molecule has 1 N–H and O–H groups in total. The first kappa shape index (κ1) is 9.29. The van der Waals surface area contributed by atoms with Gasteiger partial charge in [-0.25, -0.2) is 9.18 Å². The summed E-state index contributed by atoms with van der Waals surface area (Å²) in [4.78, 5) is 12.5. The predicted octanol–water partition coefficient (Wildman–Crippen LogP) is 1.15. The summed E-state index contributed by atoms with van der Waals surface area (Å²) in [5, 5.41) is 2.64. The van der Waals surface area contributed by atoms with Gasteiger partial charge in [0.15, 0.2) is 0 Å². The van der Waals surface area contributed by atoms with Crippen molar-refractivity contribution in [1.29, 1.82) is 0 Å². The van der Waals surface area contributed by atoms with Gasteiger partial charge in [-0.1, -0.05) is 0 Å². The molecule has 1 aliphatic carbocycles. The quantitative estimate of drug-likeness (QED) is 0.635. The predicted molar refractivity (Wildman–Crippen MR) is 44.8 cm³/mol. The average molecular weight is 174 g/mol. The van der Waals surface area contributed by atoms with Crippen LogP contribution >= 0.6 is 0 Å². The number of carbonyl (C=O) groups excluding carboxylic acids is 1. The number of halogens is 1. The molecule has 2 amide bonds. The molecule has 1 saturated carbocycles. The molecule has 3 nitrogen and oxygen atoms in total. The van der Waals surface area contributed by atoms with E-state index in [1.165, 1.54) is 4.90 Å². The lowest BCUT2D eigenvalue weighted by molar-refractivity contribution is 0.203. The second kappa shape index (κ2) is 3.74. The molecule has 1 rings (SSSR count). The summed E-state index contributed by atoms with van der Waals surface area (Å²) in [6.07, 6.45) is 1.37. The van der Waals surface area contributed by atoms with Crippen molar-refractivity contribution in [3.05, 3.63) is 0 Å². The zero-order valence-electron chi connectivity index (χ0n) is 7.51. The van der Waals surface area contributed by atoms with Crippen LogP contribution in [0.1, 0.15) is 19.3 Å². The van der Waals surface area contributed by atoms with E-state index in [9.17, 15) is 9.18 Å². The number of carbonyl (C=O) groups is 1. The van der Waals surface area contributed by atoms with Gasteiger partial charge in [0.25, 0.3) is 0 Å². The van der Waals surface area contributed by atoms with Crippen LogP contribution in [-0.2, 0) is 0 Å². The lowest BCUT2D eigenvalue weighted by atomic mass is 10.2. The average Bonchev–Trinajstić information content (AvgIpc) is 2.36. The lowest BCUT2D eigenvalue weighted by Gasteiger charge is -2.18. The van der Waals surface area contributed by atoms with Gasteiger partial charge in [-0.3, -0.25) is 0 Å². The summed E-state index contributed by atoms with van der Waals surface area (Å²) < 4.78 is 13.0. The van der Waals surface area contributed by atoms with E-state index in [-0.39, 0.29) is 12.1 Å². The fourth-order valence-corrected chi connectivity index (χ4v) is 1.37. The Balaban J connectivity index is 2.35. The van der Waals surface area contributed by atoms with Gasteiger partial charge < -0.3 is 10.2 Å². The van der Waals surface area contributed by atoms with Crippen LogP contribution in [0.4, 0.5) is 9.18 Å². The van der Waals surface area contributed by atoms with E-state index in [0.29, 0.717) is 6.42 Å². The molecule has 0 bridgehead atoms. The van der Waals surface area contributed by atoms with Gasteiger partial charge in [-0.05, 0) is 19.3 Å². The molecule has 4 heteroatoms. The Hall–Kier alpha value is -0.800. The van der Waals surface area contributed by atoms with Gasteiger partial charge in [0.05, 0.1) is 6.04 Å². The highest BCUT2D eigenvalue weighted by molar-refractivity contribution is 5.73. The van der Waals surface area contributed by atoms with Crippen LogP contribution in [0.5, 0.6) is 0 Å². The molecule has 0 radical (unpaired) electrons.